The summed E-state index contributed by atoms with van der Waals surface area (Å²) in [6.45, 7) is 0. The fourth-order valence-corrected chi connectivity index (χ4v) is 3.57. The summed E-state index contributed by atoms with van der Waals surface area (Å²) in [6.07, 6.45) is 6.90. The molecule has 0 unspecified atom stereocenters. The first-order chi connectivity index (χ1) is 14.2. The van der Waals surface area contributed by atoms with Gasteiger partial charge in [0.15, 0.2) is 5.82 Å². The minimum atomic E-state index is 0.395. The third kappa shape index (κ3) is 3.30. The molecule has 7 nitrogen and oxygen atoms in total. The maximum absolute atomic E-state index is 6.46. The summed E-state index contributed by atoms with van der Waals surface area (Å²) >= 11 is 12.5. The van der Waals surface area contributed by atoms with Crippen LogP contribution in [0.25, 0.3) is 27.8 Å². The van der Waals surface area contributed by atoms with E-state index >= 15 is 0 Å². The minimum absolute atomic E-state index is 0.395. The van der Waals surface area contributed by atoms with Crippen molar-refractivity contribution >= 4 is 45.9 Å². The first kappa shape index (κ1) is 17.7. The van der Waals surface area contributed by atoms with Crippen LogP contribution in [-0.4, -0.2) is 29.7 Å². The number of rotatable bonds is 4. The molecule has 9 heteroatoms. The number of H-pyrrole nitrogens is 1. The number of fused-ring (bicyclic) bond motifs is 1. The van der Waals surface area contributed by atoms with Gasteiger partial charge in [-0.15, -0.1) is 0 Å². The van der Waals surface area contributed by atoms with Crippen molar-refractivity contribution in [2.24, 2.45) is 0 Å². The summed E-state index contributed by atoms with van der Waals surface area (Å²) in [5, 5.41) is 12.5. The van der Waals surface area contributed by atoms with Gasteiger partial charge in [0.2, 0.25) is 5.95 Å². The van der Waals surface area contributed by atoms with E-state index in [0.717, 1.165) is 22.2 Å². The molecule has 0 aliphatic rings. The first-order valence-corrected chi connectivity index (χ1v) is 9.45. The summed E-state index contributed by atoms with van der Waals surface area (Å²) in [7, 11) is 0. The molecule has 0 aliphatic carbocycles. The Balaban J connectivity index is 1.63. The topological polar surface area (TPSA) is 84.3 Å². The lowest BCUT2D eigenvalue weighted by atomic mass is 10.1. The van der Waals surface area contributed by atoms with Crippen LogP contribution in [0.15, 0.2) is 67.4 Å². The van der Waals surface area contributed by atoms with Gasteiger partial charge in [0, 0.05) is 28.4 Å². The summed E-state index contributed by atoms with van der Waals surface area (Å²) in [5.41, 5.74) is 3.04. The highest BCUT2D eigenvalue weighted by Crippen LogP contribution is 2.33. The Morgan fingerprint density at radius 1 is 1.07 bits per heavy atom. The molecule has 0 radical (unpaired) electrons. The monoisotopic (exact) mass is 421 g/mol. The molecule has 142 valence electrons. The van der Waals surface area contributed by atoms with Gasteiger partial charge >= 0.3 is 0 Å². The van der Waals surface area contributed by atoms with Gasteiger partial charge in [-0.05, 0) is 30.3 Å². The Kier molecular flexibility index (Phi) is 4.38. The van der Waals surface area contributed by atoms with E-state index < -0.39 is 0 Å². The third-order valence-electron chi connectivity index (χ3n) is 4.44. The molecule has 5 rings (SSSR count). The molecule has 0 saturated carbocycles. The molecule has 3 heterocycles. The smallest absolute Gasteiger partial charge is 0.229 e. The van der Waals surface area contributed by atoms with E-state index in [9.17, 15) is 0 Å². The van der Waals surface area contributed by atoms with Crippen LogP contribution in [0.3, 0.4) is 0 Å². The van der Waals surface area contributed by atoms with Gasteiger partial charge in [-0.1, -0.05) is 35.3 Å². The second-order valence-electron chi connectivity index (χ2n) is 6.26. The van der Waals surface area contributed by atoms with Crippen LogP contribution in [0.4, 0.5) is 11.8 Å². The van der Waals surface area contributed by atoms with E-state index in [0.29, 0.717) is 27.5 Å². The molecule has 0 bridgehead atoms. The summed E-state index contributed by atoms with van der Waals surface area (Å²) in [5.74, 6) is 1.04. The van der Waals surface area contributed by atoms with Crippen LogP contribution in [0.2, 0.25) is 10.0 Å². The Morgan fingerprint density at radius 3 is 2.79 bits per heavy atom. The second kappa shape index (κ2) is 7.20. The van der Waals surface area contributed by atoms with Gasteiger partial charge in [0.25, 0.3) is 0 Å². The lowest BCUT2D eigenvalue weighted by Gasteiger charge is -2.13. The fourth-order valence-electron chi connectivity index (χ4n) is 3.07. The second-order valence-corrected chi connectivity index (χ2v) is 7.11. The van der Waals surface area contributed by atoms with Gasteiger partial charge in [-0.3, -0.25) is 5.10 Å². The average molecular weight is 422 g/mol. The number of para-hydroxylation sites is 1. The van der Waals surface area contributed by atoms with Gasteiger partial charge in [-0.2, -0.15) is 5.10 Å². The predicted molar refractivity (Wildman–Crippen MR) is 114 cm³/mol. The highest BCUT2D eigenvalue weighted by Gasteiger charge is 2.16. The summed E-state index contributed by atoms with van der Waals surface area (Å²) in [4.78, 5) is 13.3. The number of aromatic nitrogens is 6. The minimum Gasteiger partial charge on any atom is -0.307 e. The van der Waals surface area contributed by atoms with Gasteiger partial charge in [0.05, 0.1) is 28.8 Å². The molecular formula is C20H13Cl2N7. The van der Waals surface area contributed by atoms with Gasteiger partial charge in [0.1, 0.15) is 5.69 Å². The van der Waals surface area contributed by atoms with Gasteiger partial charge in [-0.25, -0.2) is 15.0 Å². The Morgan fingerprint density at radius 2 is 1.97 bits per heavy atom. The van der Waals surface area contributed by atoms with Crippen molar-refractivity contribution in [3.8, 4) is 16.9 Å². The number of benzene rings is 2. The molecule has 0 amide bonds. The summed E-state index contributed by atoms with van der Waals surface area (Å²) < 4.78 is 1.83. The number of hydrogen-bond acceptors (Lipinski definition) is 5. The molecule has 0 spiro atoms. The number of anilines is 2. The van der Waals surface area contributed by atoms with Crippen LogP contribution in [0, 0.1) is 0 Å². The van der Waals surface area contributed by atoms with Crippen LogP contribution >= 0.6 is 23.2 Å². The Labute approximate surface area is 175 Å². The first-order valence-electron chi connectivity index (χ1n) is 8.70. The number of nitrogens with one attached hydrogen (secondary N) is 2. The Bertz CT molecular complexity index is 1310. The van der Waals surface area contributed by atoms with Crippen LogP contribution in [0.1, 0.15) is 0 Å². The number of imidazole rings is 1. The number of hydrogen-bond donors (Lipinski definition) is 2. The quantitative estimate of drug-likeness (QED) is 0.413. The number of nitrogens with zero attached hydrogens (tertiary/aromatic N) is 5. The van der Waals surface area contributed by atoms with Crippen molar-refractivity contribution in [3.63, 3.8) is 0 Å². The molecule has 29 heavy (non-hydrogen) atoms. The van der Waals surface area contributed by atoms with Crippen LogP contribution < -0.4 is 5.32 Å². The van der Waals surface area contributed by atoms with E-state index in [1.54, 1.807) is 30.9 Å². The molecular weight excluding hydrogens is 409 g/mol. The predicted octanol–water partition coefficient (Wildman–Crippen LogP) is 5.26. The lowest BCUT2D eigenvalue weighted by Crippen LogP contribution is -2.04. The van der Waals surface area contributed by atoms with Crippen molar-refractivity contribution in [1.29, 1.82) is 0 Å². The van der Waals surface area contributed by atoms with Crippen molar-refractivity contribution in [2.45, 2.75) is 0 Å². The largest absolute Gasteiger partial charge is 0.307 e. The standard InChI is InChI=1S/C20H13Cl2N7/c21-12-5-6-13(15(22)9-12)18-17(29-8-7-23-11-29)10-24-20(25-18)26-19-14-3-1-2-4-16(14)27-28-19/h1-11H,(H2,24,25,26,27,28). The highest BCUT2D eigenvalue weighted by molar-refractivity contribution is 6.36. The molecule has 0 saturated heterocycles. The van der Waals surface area contributed by atoms with Crippen LogP contribution in [0.5, 0.6) is 0 Å². The molecule has 0 atom stereocenters. The molecule has 0 aliphatic heterocycles. The normalized spacial score (nSPS) is 11.1. The van der Waals surface area contributed by atoms with Gasteiger partial charge < -0.3 is 9.88 Å². The maximum Gasteiger partial charge on any atom is 0.229 e. The van der Waals surface area contributed by atoms with E-state index in [-0.39, 0.29) is 0 Å². The fraction of sp³-hybridized carbons (Fsp3) is 0. The number of halogens is 2. The molecule has 2 N–H and O–H groups in total. The zero-order chi connectivity index (χ0) is 19.8. The van der Waals surface area contributed by atoms with Crippen LogP contribution in [-0.2, 0) is 0 Å². The zero-order valence-electron chi connectivity index (χ0n) is 14.8. The summed E-state index contributed by atoms with van der Waals surface area (Å²) in [6, 6.07) is 13.1. The van der Waals surface area contributed by atoms with E-state index in [2.05, 4.69) is 25.5 Å². The maximum atomic E-state index is 6.46. The molecule has 5 aromatic rings. The average Bonchev–Trinajstić information content (AvgIpc) is 3.39. The SMILES string of the molecule is Clc1ccc(-c2nc(Nc3n[nH]c4ccccc34)ncc2-n2ccnc2)c(Cl)c1. The molecule has 3 aromatic heterocycles. The highest BCUT2D eigenvalue weighted by atomic mass is 35.5. The molecule has 0 fully saturated rings. The lowest BCUT2D eigenvalue weighted by molar-refractivity contribution is 1.01. The van der Waals surface area contributed by atoms with Crippen molar-refractivity contribution in [1.82, 2.24) is 29.7 Å². The van der Waals surface area contributed by atoms with Crippen molar-refractivity contribution < 1.29 is 0 Å². The van der Waals surface area contributed by atoms with E-state index in [1.807, 2.05) is 41.1 Å². The van der Waals surface area contributed by atoms with Crippen molar-refractivity contribution in [3.05, 3.63) is 77.4 Å². The van der Waals surface area contributed by atoms with Crippen molar-refractivity contribution in [2.75, 3.05) is 5.32 Å². The number of aromatic amines is 1. The van der Waals surface area contributed by atoms with E-state index in [1.165, 1.54) is 0 Å². The third-order valence-corrected chi connectivity index (χ3v) is 4.99. The van der Waals surface area contributed by atoms with E-state index in [4.69, 9.17) is 28.2 Å². The molecule has 2 aromatic carbocycles. The zero-order valence-corrected chi connectivity index (χ0v) is 16.4. The Hall–Kier alpha value is -3.42.